The van der Waals surface area contributed by atoms with E-state index in [-0.39, 0.29) is 12.2 Å². The van der Waals surface area contributed by atoms with Gasteiger partial charge in [-0.05, 0) is 63.4 Å². The largest absolute Gasteiger partial charge is 0.349 e. The van der Waals surface area contributed by atoms with Gasteiger partial charge in [0.2, 0.25) is 5.91 Å². The summed E-state index contributed by atoms with van der Waals surface area (Å²) in [6.07, 6.45) is 2.07. The molecule has 194 valence electrons. The Labute approximate surface area is 218 Å². The topological polar surface area (TPSA) is 118 Å². The zero-order valence-corrected chi connectivity index (χ0v) is 21.9. The molecular formula is C27H29FN4O4S. The summed E-state index contributed by atoms with van der Waals surface area (Å²) in [5.74, 6) is -3.14. The molecule has 0 spiro atoms. The summed E-state index contributed by atoms with van der Waals surface area (Å²) >= 11 is 1.54. The second-order valence-corrected chi connectivity index (χ2v) is 10.9. The van der Waals surface area contributed by atoms with Crippen molar-refractivity contribution < 1.29 is 18.8 Å². The number of hydrogen-bond donors (Lipinski definition) is 2. The number of rotatable bonds is 10. The van der Waals surface area contributed by atoms with Gasteiger partial charge in [0.1, 0.15) is 16.9 Å². The van der Waals surface area contributed by atoms with Crippen LogP contribution in [0.1, 0.15) is 48.0 Å². The summed E-state index contributed by atoms with van der Waals surface area (Å²) in [6, 6.07) is 11.7. The Balaban J connectivity index is 1.74. The Hall–Kier alpha value is -3.79. The van der Waals surface area contributed by atoms with Gasteiger partial charge in [-0.2, -0.15) is 0 Å². The first-order valence-electron chi connectivity index (χ1n) is 11.7. The quantitative estimate of drug-likeness (QED) is 0.369. The normalized spacial score (nSPS) is 12.9. The maximum atomic E-state index is 13.3. The molecule has 3 aromatic rings. The van der Waals surface area contributed by atoms with E-state index in [2.05, 4.69) is 20.8 Å². The average molecular weight is 525 g/mol. The van der Waals surface area contributed by atoms with Gasteiger partial charge >= 0.3 is 0 Å². The zero-order chi connectivity index (χ0) is 27.2. The van der Waals surface area contributed by atoms with Crippen molar-refractivity contribution >= 4 is 29.1 Å². The Morgan fingerprint density at radius 2 is 1.73 bits per heavy atom. The maximum absolute atomic E-state index is 13.3. The van der Waals surface area contributed by atoms with E-state index in [0.717, 1.165) is 21.0 Å². The van der Waals surface area contributed by atoms with Crippen LogP contribution in [-0.2, 0) is 16.0 Å². The fraction of sp³-hybridized carbons (Fsp3) is 0.333. The first-order chi connectivity index (χ1) is 17.5. The van der Waals surface area contributed by atoms with Gasteiger partial charge in [0, 0.05) is 38.8 Å². The highest BCUT2D eigenvalue weighted by Crippen LogP contribution is 2.25. The van der Waals surface area contributed by atoms with E-state index in [4.69, 9.17) is 0 Å². The van der Waals surface area contributed by atoms with Crippen molar-refractivity contribution in [3.63, 3.8) is 0 Å². The second-order valence-electron chi connectivity index (χ2n) is 9.62. The molecule has 0 saturated carbocycles. The van der Waals surface area contributed by atoms with E-state index in [1.807, 2.05) is 6.92 Å². The molecule has 3 rings (SSSR count). The fourth-order valence-electron chi connectivity index (χ4n) is 3.85. The van der Waals surface area contributed by atoms with Gasteiger partial charge in [-0.15, -0.1) is 16.2 Å². The van der Waals surface area contributed by atoms with E-state index in [0.29, 0.717) is 12.0 Å². The van der Waals surface area contributed by atoms with E-state index in [1.54, 1.807) is 56.4 Å². The third-order valence-electron chi connectivity index (χ3n) is 5.76. The molecular weight excluding hydrogens is 495 g/mol. The Morgan fingerprint density at radius 1 is 1.08 bits per heavy atom. The van der Waals surface area contributed by atoms with Crippen LogP contribution < -0.4 is 10.6 Å². The predicted molar refractivity (Wildman–Crippen MR) is 140 cm³/mol. The maximum Gasteiger partial charge on any atom is 0.289 e. The van der Waals surface area contributed by atoms with Crippen LogP contribution in [0.3, 0.4) is 0 Å². The summed E-state index contributed by atoms with van der Waals surface area (Å²) in [5, 5.41) is 8.87. The number of thiazole rings is 1. The number of halogens is 1. The summed E-state index contributed by atoms with van der Waals surface area (Å²) in [4.78, 5) is 54.2. The first-order valence-corrected chi connectivity index (χ1v) is 12.6. The van der Waals surface area contributed by atoms with Crippen LogP contribution in [0.25, 0.3) is 10.6 Å². The molecule has 37 heavy (non-hydrogen) atoms. The van der Waals surface area contributed by atoms with Crippen LogP contribution in [0.2, 0.25) is 0 Å². The van der Waals surface area contributed by atoms with Gasteiger partial charge in [0.15, 0.2) is 0 Å². The van der Waals surface area contributed by atoms with Crippen molar-refractivity contribution in [2.75, 3.05) is 0 Å². The molecule has 3 amide bonds. The molecule has 0 aliphatic rings. The molecule has 0 radical (unpaired) electrons. The predicted octanol–water partition coefficient (Wildman–Crippen LogP) is 4.81. The second kappa shape index (κ2) is 12.0. The number of carbonyl (C=O) groups is 3. The molecule has 0 bridgehead atoms. The lowest BCUT2D eigenvalue weighted by Crippen LogP contribution is -2.54. The van der Waals surface area contributed by atoms with E-state index < -0.39 is 35.2 Å². The number of nitroso groups, excluding NO2 is 1. The number of benzene rings is 2. The fourth-order valence-corrected chi connectivity index (χ4v) is 4.62. The van der Waals surface area contributed by atoms with Crippen molar-refractivity contribution in [3.05, 3.63) is 81.5 Å². The zero-order valence-electron chi connectivity index (χ0n) is 21.1. The molecule has 0 fully saturated rings. The molecule has 2 aromatic carbocycles. The molecule has 1 unspecified atom stereocenters. The Bertz CT molecular complexity index is 1270. The van der Waals surface area contributed by atoms with Crippen LogP contribution in [0.5, 0.6) is 0 Å². The summed E-state index contributed by atoms with van der Waals surface area (Å²) < 4.78 is 13.3. The lowest BCUT2D eigenvalue weighted by molar-refractivity contribution is -0.126. The van der Waals surface area contributed by atoms with Crippen LogP contribution in [0.15, 0.2) is 59.9 Å². The highest BCUT2D eigenvalue weighted by atomic mass is 32.1. The highest BCUT2D eigenvalue weighted by Gasteiger charge is 2.30. The minimum Gasteiger partial charge on any atom is -0.349 e. The number of hydrogen-bond acceptors (Lipinski definition) is 6. The van der Waals surface area contributed by atoms with Crippen molar-refractivity contribution in [2.24, 2.45) is 11.1 Å². The van der Waals surface area contributed by atoms with Crippen molar-refractivity contribution in [3.8, 4) is 10.6 Å². The van der Waals surface area contributed by atoms with E-state index >= 15 is 0 Å². The standard InChI is InChI=1S/C27H29FN4O4S/c1-16(23(33)32-36)13-22(25(35)31-27(3,4)14-18-5-11-21(28)12-6-18)30-24(34)19-7-9-20(10-8-19)26-29-15-17(2)37-26/h5-12,15-16,22H,13-14H2,1-4H3,(H,30,34)(H,31,35)/t16?,22-/m0/s1. The third kappa shape index (κ3) is 7.85. The monoisotopic (exact) mass is 524 g/mol. The molecule has 2 N–H and O–H groups in total. The van der Waals surface area contributed by atoms with E-state index in [9.17, 15) is 23.7 Å². The lowest BCUT2D eigenvalue weighted by atomic mass is 9.93. The summed E-state index contributed by atoms with van der Waals surface area (Å²) in [7, 11) is 0. The van der Waals surface area contributed by atoms with Gasteiger partial charge in [-0.1, -0.05) is 31.2 Å². The molecule has 1 aromatic heterocycles. The number of nitrogens with one attached hydrogen (secondary N) is 2. The molecule has 10 heteroatoms. The number of amides is 3. The number of aromatic nitrogens is 1. The molecule has 0 saturated heterocycles. The molecule has 0 aliphatic heterocycles. The average Bonchev–Trinajstić information content (AvgIpc) is 3.30. The van der Waals surface area contributed by atoms with Crippen molar-refractivity contribution in [1.29, 1.82) is 0 Å². The lowest BCUT2D eigenvalue weighted by Gasteiger charge is -2.30. The van der Waals surface area contributed by atoms with Gasteiger partial charge in [0.25, 0.3) is 11.8 Å². The smallest absolute Gasteiger partial charge is 0.289 e. The number of carbonyl (C=O) groups excluding carboxylic acids is 3. The minimum absolute atomic E-state index is 0.106. The third-order valence-corrected chi connectivity index (χ3v) is 6.72. The molecule has 8 nitrogen and oxygen atoms in total. The van der Waals surface area contributed by atoms with Crippen LogP contribution >= 0.6 is 11.3 Å². The molecule has 2 atom stereocenters. The number of nitrogens with zero attached hydrogens (tertiary/aromatic N) is 2. The highest BCUT2D eigenvalue weighted by molar-refractivity contribution is 7.14. The van der Waals surface area contributed by atoms with Gasteiger partial charge in [-0.25, -0.2) is 9.37 Å². The van der Waals surface area contributed by atoms with E-state index in [1.165, 1.54) is 30.4 Å². The summed E-state index contributed by atoms with van der Waals surface area (Å²) in [6.45, 7) is 7.03. The van der Waals surface area contributed by atoms with Crippen LogP contribution in [0, 0.1) is 23.6 Å². The van der Waals surface area contributed by atoms with Gasteiger partial charge in [0.05, 0.1) is 0 Å². The Kier molecular flexibility index (Phi) is 8.99. The Morgan fingerprint density at radius 3 is 2.30 bits per heavy atom. The molecule has 0 aliphatic carbocycles. The van der Waals surface area contributed by atoms with Crippen LogP contribution in [0.4, 0.5) is 4.39 Å². The first kappa shape index (κ1) is 27.8. The van der Waals surface area contributed by atoms with Gasteiger partial charge in [-0.3, -0.25) is 14.4 Å². The number of aryl methyl sites for hydroxylation is 1. The van der Waals surface area contributed by atoms with Crippen molar-refractivity contribution in [1.82, 2.24) is 15.6 Å². The molecule has 1 heterocycles. The van der Waals surface area contributed by atoms with Crippen molar-refractivity contribution in [2.45, 2.75) is 52.1 Å². The SMILES string of the molecule is Cc1cnc(-c2ccc(C(=O)N[C@@H](CC(C)C(=O)N=O)C(=O)NC(C)(C)Cc3ccc(F)cc3)cc2)s1. The van der Waals surface area contributed by atoms with Gasteiger partial charge < -0.3 is 10.6 Å². The minimum atomic E-state index is -1.10. The van der Waals surface area contributed by atoms with Crippen LogP contribution in [-0.4, -0.2) is 34.3 Å². The summed E-state index contributed by atoms with van der Waals surface area (Å²) in [5.41, 5.74) is 1.26.